The quantitative estimate of drug-likeness (QED) is 0.740. The lowest BCUT2D eigenvalue weighted by atomic mass is 10.2. The Kier molecular flexibility index (Phi) is 2.97. The first-order valence-corrected chi connectivity index (χ1v) is 7.27. The average Bonchev–Trinajstić information content (AvgIpc) is 2.98. The molecule has 0 radical (unpaired) electrons. The SMILES string of the molecule is CNC(c1cccs1)c1cc2ccccc2s1. The molecule has 0 fully saturated rings. The van der Waals surface area contributed by atoms with Crippen molar-refractivity contribution in [2.24, 2.45) is 0 Å². The minimum atomic E-state index is 0.326. The van der Waals surface area contributed by atoms with Crippen LogP contribution in [0.5, 0.6) is 0 Å². The van der Waals surface area contributed by atoms with Crippen molar-refractivity contribution < 1.29 is 0 Å². The highest BCUT2D eigenvalue weighted by molar-refractivity contribution is 7.19. The fourth-order valence-electron chi connectivity index (χ4n) is 2.02. The Morgan fingerprint density at radius 3 is 2.65 bits per heavy atom. The van der Waals surface area contributed by atoms with Crippen molar-refractivity contribution in [3.63, 3.8) is 0 Å². The highest BCUT2D eigenvalue weighted by Gasteiger charge is 2.15. The van der Waals surface area contributed by atoms with Gasteiger partial charge in [-0.05, 0) is 36.0 Å². The summed E-state index contributed by atoms with van der Waals surface area (Å²) in [5.41, 5.74) is 0. The summed E-state index contributed by atoms with van der Waals surface area (Å²) in [4.78, 5) is 2.76. The second-order valence-corrected chi connectivity index (χ2v) is 6.02. The summed E-state index contributed by atoms with van der Waals surface area (Å²) in [5.74, 6) is 0. The maximum absolute atomic E-state index is 3.40. The number of fused-ring (bicyclic) bond motifs is 1. The lowest BCUT2D eigenvalue weighted by Gasteiger charge is -2.11. The molecule has 0 aliphatic carbocycles. The van der Waals surface area contributed by atoms with Crippen molar-refractivity contribution in [3.8, 4) is 0 Å². The van der Waals surface area contributed by atoms with E-state index in [1.807, 2.05) is 18.4 Å². The molecule has 1 atom stereocenters. The van der Waals surface area contributed by atoms with Crippen LogP contribution < -0.4 is 5.32 Å². The van der Waals surface area contributed by atoms with Gasteiger partial charge in [0.1, 0.15) is 0 Å². The highest BCUT2D eigenvalue weighted by Crippen LogP contribution is 2.34. The topological polar surface area (TPSA) is 12.0 Å². The maximum atomic E-state index is 3.40. The van der Waals surface area contributed by atoms with E-state index >= 15 is 0 Å². The van der Waals surface area contributed by atoms with Crippen molar-refractivity contribution in [2.75, 3.05) is 7.05 Å². The molecule has 1 nitrogen and oxygen atoms in total. The summed E-state index contributed by atoms with van der Waals surface area (Å²) in [6, 6.07) is 15.5. The second-order valence-electron chi connectivity index (χ2n) is 3.92. The molecule has 0 bridgehead atoms. The monoisotopic (exact) mass is 259 g/mol. The van der Waals surface area contributed by atoms with E-state index in [0.29, 0.717) is 6.04 Å². The third-order valence-corrected chi connectivity index (χ3v) is 4.96. The Morgan fingerprint density at radius 2 is 1.94 bits per heavy atom. The Labute approximate surface area is 109 Å². The standard InChI is InChI=1S/C14H13NS2/c1-15-14(12-7-4-8-16-12)13-9-10-5-2-3-6-11(10)17-13/h2-9,14-15H,1H3. The molecular weight excluding hydrogens is 246 g/mol. The molecule has 3 aromatic rings. The Hall–Kier alpha value is -1.16. The fraction of sp³-hybridized carbons (Fsp3) is 0.143. The number of benzene rings is 1. The van der Waals surface area contributed by atoms with E-state index in [0.717, 1.165) is 0 Å². The molecule has 3 rings (SSSR count). The van der Waals surface area contributed by atoms with Crippen LogP contribution in [-0.4, -0.2) is 7.05 Å². The van der Waals surface area contributed by atoms with Crippen molar-refractivity contribution in [3.05, 3.63) is 57.6 Å². The number of hydrogen-bond donors (Lipinski definition) is 1. The first-order chi connectivity index (χ1) is 8.38. The molecule has 3 heteroatoms. The number of thiophene rings is 2. The molecule has 0 aliphatic heterocycles. The van der Waals surface area contributed by atoms with E-state index in [2.05, 4.69) is 53.2 Å². The summed E-state index contributed by atoms with van der Waals surface area (Å²) in [6.45, 7) is 0. The van der Waals surface area contributed by atoms with Gasteiger partial charge >= 0.3 is 0 Å². The van der Waals surface area contributed by atoms with Crippen LogP contribution >= 0.6 is 22.7 Å². The van der Waals surface area contributed by atoms with Gasteiger partial charge in [-0.3, -0.25) is 0 Å². The lowest BCUT2D eigenvalue weighted by Crippen LogP contribution is -2.14. The van der Waals surface area contributed by atoms with Gasteiger partial charge in [-0.1, -0.05) is 24.3 Å². The third-order valence-electron chi connectivity index (χ3n) is 2.85. The van der Waals surface area contributed by atoms with Gasteiger partial charge in [-0.15, -0.1) is 22.7 Å². The van der Waals surface area contributed by atoms with Crippen LogP contribution in [-0.2, 0) is 0 Å². The van der Waals surface area contributed by atoms with Crippen LogP contribution in [0.3, 0.4) is 0 Å². The summed E-state index contributed by atoms with van der Waals surface area (Å²) in [6.07, 6.45) is 0. The molecule has 86 valence electrons. The maximum Gasteiger partial charge on any atom is 0.0762 e. The molecule has 1 N–H and O–H groups in total. The minimum Gasteiger partial charge on any atom is -0.308 e. The van der Waals surface area contributed by atoms with Gasteiger partial charge in [0.15, 0.2) is 0 Å². The van der Waals surface area contributed by atoms with Crippen molar-refractivity contribution in [1.29, 1.82) is 0 Å². The summed E-state index contributed by atoms with van der Waals surface area (Å²) < 4.78 is 1.36. The minimum absolute atomic E-state index is 0.326. The molecule has 0 spiro atoms. The molecule has 1 unspecified atom stereocenters. The van der Waals surface area contributed by atoms with Gasteiger partial charge in [-0.25, -0.2) is 0 Å². The van der Waals surface area contributed by atoms with Gasteiger partial charge < -0.3 is 5.32 Å². The van der Waals surface area contributed by atoms with Crippen LogP contribution in [0.1, 0.15) is 15.8 Å². The first-order valence-electron chi connectivity index (χ1n) is 5.57. The number of hydrogen-bond acceptors (Lipinski definition) is 3. The molecule has 0 saturated heterocycles. The van der Waals surface area contributed by atoms with E-state index in [1.165, 1.54) is 19.8 Å². The zero-order chi connectivity index (χ0) is 11.7. The molecule has 2 heterocycles. The van der Waals surface area contributed by atoms with Crippen molar-refractivity contribution >= 4 is 32.8 Å². The summed E-state index contributed by atoms with van der Waals surface area (Å²) in [7, 11) is 2.02. The van der Waals surface area contributed by atoms with Crippen molar-refractivity contribution in [2.45, 2.75) is 6.04 Å². The van der Waals surface area contributed by atoms with E-state index in [4.69, 9.17) is 0 Å². The van der Waals surface area contributed by atoms with Gasteiger partial charge in [-0.2, -0.15) is 0 Å². The molecule has 1 aromatic carbocycles. The molecule has 17 heavy (non-hydrogen) atoms. The zero-order valence-corrected chi connectivity index (χ0v) is 11.1. The fourth-order valence-corrected chi connectivity index (χ4v) is 4.15. The highest BCUT2D eigenvalue weighted by atomic mass is 32.1. The Morgan fingerprint density at radius 1 is 1.06 bits per heavy atom. The Bertz CT molecular complexity index is 577. The second kappa shape index (κ2) is 4.61. The average molecular weight is 259 g/mol. The summed E-state index contributed by atoms with van der Waals surface area (Å²) in [5, 5.41) is 6.87. The van der Waals surface area contributed by atoms with E-state index in [1.54, 1.807) is 11.3 Å². The normalized spacial score (nSPS) is 13.0. The van der Waals surface area contributed by atoms with E-state index < -0.39 is 0 Å². The molecule has 0 aliphatic rings. The van der Waals surface area contributed by atoms with Crippen LogP contribution in [0.4, 0.5) is 0 Å². The van der Waals surface area contributed by atoms with Gasteiger partial charge in [0.05, 0.1) is 6.04 Å². The number of rotatable bonds is 3. The van der Waals surface area contributed by atoms with Crippen LogP contribution in [0.25, 0.3) is 10.1 Å². The smallest absolute Gasteiger partial charge is 0.0762 e. The third kappa shape index (κ3) is 2.02. The van der Waals surface area contributed by atoms with Crippen LogP contribution in [0, 0.1) is 0 Å². The molecular formula is C14H13NS2. The predicted octanol–water partition coefficient (Wildman–Crippen LogP) is 4.27. The lowest BCUT2D eigenvalue weighted by molar-refractivity contribution is 0.717. The van der Waals surface area contributed by atoms with E-state index in [9.17, 15) is 0 Å². The summed E-state index contributed by atoms with van der Waals surface area (Å²) >= 11 is 3.68. The van der Waals surface area contributed by atoms with Crippen LogP contribution in [0.15, 0.2) is 47.8 Å². The van der Waals surface area contributed by atoms with Crippen molar-refractivity contribution in [1.82, 2.24) is 5.32 Å². The zero-order valence-electron chi connectivity index (χ0n) is 9.51. The molecule has 0 amide bonds. The van der Waals surface area contributed by atoms with Gasteiger partial charge in [0.25, 0.3) is 0 Å². The Balaban J connectivity index is 2.07. The van der Waals surface area contributed by atoms with Crippen LogP contribution in [0.2, 0.25) is 0 Å². The largest absolute Gasteiger partial charge is 0.308 e. The number of nitrogens with one attached hydrogen (secondary N) is 1. The van der Waals surface area contributed by atoms with Gasteiger partial charge in [0.2, 0.25) is 0 Å². The molecule has 0 saturated carbocycles. The predicted molar refractivity (Wildman–Crippen MR) is 77.0 cm³/mol. The molecule has 2 aromatic heterocycles. The van der Waals surface area contributed by atoms with Gasteiger partial charge in [0, 0.05) is 14.5 Å². The van der Waals surface area contributed by atoms with E-state index in [-0.39, 0.29) is 0 Å². The first kappa shape index (κ1) is 11.0.